The van der Waals surface area contributed by atoms with Gasteiger partial charge in [0.2, 0.25) is 0 Å². The first-order valence-corrected chi connectivity index (χ1v) is 4.31. The third-order valence-corrected chi connectivity index (χ3v) is 1.90. The van der Waals surface area contributed by atoms with Crippen LogP contribution in [-0.2, 0) is 0 Å². The molecule has 0 spiro atoms. The molecular weight excluding hydrogens is 168 g/mol. The second-order valence-corrected chi connectivity index (χ2v) is 3.05. The van der Waals surface area contributed by atoms with Crippen molar-refractivity contribution in [1.82, 2.24) is 10.3 Å². The molecule has 1 unspecified atom stereocenters. The first-order valence-electron chi connectivity index (χ1n) is 4.31. The molecule has 0 saturated heterocycles. The first kappa shape index (κ1) is 9.64. The van der Waals surface area contributed by atoms with Crippen LogP contribution in [0.1, 0.15) is 30.8 Å². The predicted molar refractivity (Wildman–Crippen MR) is 49.7 cm³/mol. The van der Waals surface area contributed by atoms with Crippen LogP contribution in [0.5, 0.6) is 5.75 Å². The molecule has 0 aliphatic heterocycles. The summed E-state index contributed by atoms with van der Waals surface area (Å²) in [4.78, 5) is 14.0. The average molecular weight is 182 g/mol. The molecule has 1 atom stereocenters. The van der Waals surface area contributed by atoms with E-state index in [9.17, 15) is 4.79 Å². The van der Waals surface area contributed by atoms with E-state index >= 15 is 0 Å². The minimum Gasteiger partial charge on any atom is -0.506 e. The molecule has 0 aliphatic carbocycles. The van der Waals surface area contributed by atoms with Crippen molar-refractivity contribution < 1.29 is 9.90 Å². The highest BCUT2D eigenvalue weighted by Crippen LogP contribution is 2.09. The number of nitrogens with one attached hydrogen (secondary N) is 2. The molecule has 0 saturated carbocycles. The lowest BCUT2D eigenvalue weighted by Crippen LogP contribution is -2.32. The van der Waals surface area contributed by atoms with Crippen LogP contribution in [0.2, 0.25) is 0 Å². The molecule has 13 heavy (non-hydrogen) atoms. The highest BCUT2D eigenvalue weighted by atomic mass is 16.3. The standard InChI is InChI=1S/C9H14N2O2/c1-3-6(2)11-9(13)8-4-7(12)5-10-8/h4-6,10,12H,3H2,1-2H3,(H,11,13). The molecule has 1 aromatic rings. The largest absolute Gasteiger partial charge is 0.506 e. The third kappa shape index (κ3) is 2.50. The Labute approximate surface area is 77.0 Å². The number of amides is 1. The van der Waals surface area contributed by atoms with Crippen LogP contribution >= 0.6 is 0 Å². The summed E-state index contributed by atoms with van der Waals surface area (Å²) in [7, 11) is 0. The molecule has 0 aromatic carbocycles. The maximum absolute atomic E-state index is 11.4. The van der Waals surface area contributed by atoms with Gasteiger partial charge in [0.05, 0.1) is 0 Å². The molecule has 1 rings (SSSR count). The monoisotopic (exact) mass is 182 g/mol. The Hall–Kier alpha value is -1.45. The summed E-state index contributed by atoms with van der Waals surface area (Å²) in [5.41, 5.74) is 0.387. The van der Waals surface area contributed by atoms with Crippen molar-refractivity contribution >= 4 is 5.91 Å². The van der Waals surface area contributed by atoms with Gasteiger partial charge in [-0.3, -0.25) is 4.79 Å². The number of aromatic amines is 1. The zero-order valence-corrected chi connectivity index (χ0v) is 7.79. The van der Waals surface area contributed by atoms with Crippen molar-refractivity contribution in [2.45, 2.75) is 26.3 Å². The molecule has 4 nitrogen and oxygen atoms in total. The van der Waals surface area contributed by atoms with Gasteiger partial charge in [-0.2, -0.15) is 0 Å². The Morgan fingerprint density at radius 1 is 1.77 bits per heavy atom. The fourth-order valence-electron chi connectivity index (χ4n) is 0.918. The van der Waals surface area contributed by atoms with Crippen molar-refractivity contribution in [3.63, 3.8) is 0 Å². The quantitative estimate of drug-likeness (QED) is 0.658. The molecule has 1 aromatic heterocycles. The maximum Gasteiger partial charge on any atom is 0.268 e. The predicted octanol–water partition coefficient (Wildman–Crippen LogP) is 1.25. The SMILES string of the molecule is CCC(C)NC(=O)c1cc(O)c[nH]1. The molecule has 1 amide bonds. The Morgan fingerprint density at radius 3 is 2.92 bits per heavy atom. The summed E-state index contributed by atoms with van der Waals surface area (Å²) < 4.78 is 0. The van der Waals surface area contributed by atoms with Gasteiger partial charge in [-0.15, -0.1) is 0 Å². The smallest absolute Gasteiger partial charge is 0.268 e. The second-order valence-electron chi connectivity index (χ2n) is 3.05. The number of aromatic hydroxyl groups is 1. The summed E-state index contributed by atoms with van der Waals surface area (Å²) in [6, 6.07) is 1.55. The highest BCUT2D eigenvalue weighted by Gasteiger charge is 2.09. The molecule has 72 valence electrons. The van der Waals surface area contributed by atoms with Crippen molar-refractivity contribution in [3.05, 3.63) is 18.0 Å². The normalized spacial score (nSPS) is 12.5. The third-order valence-electron chi connectivity index (χ3n) is 1.90. The van der Waals surface area contributed by atoms with Crippen LogP contribution in [0.25, 0.3) is 0 Å². The molecule has 0 radical (unpaired) electrons. The Morgan fingerprint density at radius 2 is 2.46 bits per heavy atom. The van der Waals surface area contributed by atoms with Crippen LogP contribution in [0, 0.1) is 0 Å². The fraction of sp³-hybridized carbons (Fsp3) is 0.444. The summed E-state index contributed by atoms with van der Waals surface area (Å²) in [5, 5.41) is 11.8. The van der Waals surface area contributed by atoms with Gasteiger partial charge in [0, 0.05) is 18.3 Å². The van der Waals surface area contributed by atoms with E-state index in [4.69, 9.17) is 5.11 Å². The van der Waals surface area contributed by atoms with E-state index in [0.29, 0.717) is 5.69 Å². The fourth-order valence-corrected chi connectivity index (χ4v) is 0.918. The number of hydrogen-bond donors (Lipinski definition) is 3. The van der Waals surface area contributed by atoms with Crippen LogP contribution in [-0.4, -0.2) is 22.0 Å². The summed E-state index contributed by atoms with van der Waals surface area (Å²) in [5.74, 6) is -0.107. The molecule has 0 aliphatic rings. The molecule has 0 bridgehead atoms. The van der Waals surface area contributed by atoms with E-state index < -0.39 is 0 Å². The van der Waals surface area contributed by atoms with Crippen molar-refractivity contribution in [2.75, 3.05) is 0 Å². The van der Waals surface area contributed by atoms with Crippen molar-refractivity contribution in [3.8, 4) is 5.75 Å². The van der Waals surface area contributed by atoms with Crippen LogP contribution in [0.15, 0.2) is 12.3 Å². The van der Waals surface area contributed by atoms with Gasteiger partial charge < -0.3 is 15.4 Å². The molecule has 3 N–H and O–H groups in total. The zero-order chi connectivity index (χ0) is 9.84. The van der Waals surface area contributed by atoms with Gasteiger partial charge in [-0.1, -0.05) is 6.92 Å². The van der Waals surface area contributed by atoms with Gasteiger partial charge in [0.25, 0.3) is 5.91 Å². The number of carbonyl (C=O) groups is 1. The van der Waals surface area contributed by atoms with Gasteiger partial charge in [0.15, 0.2) is 0 Å². The van der Waals surface area contributed by atoms with Gasteiger partial charge in [-0.25, -0.2) is 0 Å². The van der Waals surface area contributed by atoms with Gasteiger partial charge in [0.1, 0.15) is 11.4 Å². The minimum atomic E-state index is -0.186. The van der Waals surface area contributed by atoms with Crippen LogP contribution in [0.3, 0.4) is 0 Å². The van der Waals surface area contributed by atoms with E-state index in [1.54, 1.807) is 0 Å². The molecular formula is C9H14N2O2. The van der Waals surface area contributed by atoms with E-state index in [-0.39, 0.29) is 17.7 Å². The van der Waals surface area contributed by atoms with E-state index in [1.807, 2.05) is 13.8 Å². The number of H-pyrrole nitrogens is 1. The van der Waals surface area contributed by atoms with Gasteiger partial charge in [-0.05, 0) is 13.3 Å². The Kier molecular flexibility index (Phi) is 2.95. The molecule has 4 heteroatoms. The van der Waals surface area contributed by atoms with Crippen molar-refractivity contribution in [1.29, 1.82) is 0 Å². The highest BCUT2D eigenvalue weighted by molar-refractivity contribution is 5.92. The number of aromatic nitrogens is 1. The Bertz CT molecular complexity index is 294. The lowest BCUT2D eigenvalue weighted by atomic mass is 10.2. The topological polar surface area (TPSA) is 65.1 Å². The first-order chi connectivity index (χ1) is 6.13. The second kappa shape index (κ2) is 3.98. The molecule has 1 heterocycles. The molecule has 0 fully saturated rings. The van der Waals surface area contributed by atoms with Crippen molar-refractivity contribution in [2.24, 2.45) is 0 Å². The average Bonchev–Trinajstić information content (AvgIpc) is 2.51. The number of hydrogen-bond acceptors (Lipinski definition) is 2. The van der Waals surface area contributed by atoms with Gasteiger partial charge >= 0.3 is 0 Å². The summed E-state index contributed by atoms with van der Waals surface area (Å²) in [6.45, 7) is 3.93. The lowest BCUT2D eigenvalue weighted by Gasteiger charge is -2.09. The zero-order valence-electron chi connectivity index (χ0n) is 7.79. The number of rotatable bonds is 3. The number of carbonyl (C=O) groups excluding carboxylic acids is 1. The summed E-state index contributed by atoms with van der Waals surface area (Å²) in [6.07, 6.45) is 2.27. The van der Waals surface area contributed by atoms with E-state index in [2.05, 4.69) is 10.3 Å². The maximum atomic E-state index is 11.4. The van der Waals surface area contributed by atoms with Crippen LogP contribution in [0.4, 0.5) is 0 Å². The Balaban J connectivity index is 2.58. The summed E-state index contributed by atoms with van der Waals surface area (Å²) >= 11 is 0. The minimum absolute atomic E-state index is 0.0781. The lowest BCUT2D eigenvalue weighted by molar-refractivity contribution is 0.0934. The van der Waals surface area contributed by atoms with E-state index in [0.717, 1.165) is 6.42 Å². The van der Waals surface area contributed by atoms with Crippen LogP contribution < -0.4 is 5.32 Å². The van der Waals surface area contributed by atoms with E-state index in [1.165, 1.54) is 12.3 Å².